The molecular weight excluding hydrogens is 364 g/mol. The fourth-order valence-corrected chi connectivity index (χ4v) is 3.40. The monoisotopic (exact) mass is 376 g/mol. The predicted molar refractivity (Wildman–Crippen MR) is 75.3 cm³/mol. The highest BCUT2D eigenvalue weighted by molar-refractivity contribution is 9.11. The molecule has 1 aliphatic rings. The highest BCUT2D eigenvalue weighted by Crippen LogP contribution is 2.26. The molecule has 2 rings (SSSR count). The molecule has 0 radical (unpaired) electrons. The molecule has 4 nitrogen and oxygen atoms in total. The van der Waals surface area contributed by atoms with Gasteiger partial charge < -0.3 is 5.11 Å². The summed E-state index contributed by atoms with van der Waals surface area (Å²) in [5, 5.41) is 8.89. The Morgan fingerprint density at radius 1 is 1.56 bits per heavy atom. The molecule has 0 spiro atoms. The van der Waals surface area contributed by atoms with E-state index in [9.17, 15) is 4.79 Å². The molecule has 18 heavy (non-hydrogen) atoms. The number of carboxylic acid groups (broad SMARTS) is 1. The van der Waals surface area contributed by atoms with Gasteiger partial charge in [-0.25, -0.2) is 0 Å². The van der Waals surface area contributed by atoms with Crippen molar-refractivity contribution in [3.05, 3.63) is 26.9 Å². The summed E-state index contributed by atoms with van der Waals surface area (Å²) in [6.07, 6.45) is 4.00. The van der Waals surface area contributed by atoms with E-state index >= 15 is 0 Å². The van der Waals surface area contributed by atoms with Gasteiger partial charge in [0.2, 0.25) is 0 Å². The summed E-state index contributed by atoms with van der Waals surface area (Å²) in [5.74, 6) is -0.727. The predicted octanol–water partition coefficient (Wildman–Crippen LogP) is 3.05. The minimum atomic E-state index is -0.727. The van der Waals surface area contributed by atoms with Crippen molar-refractivity contribution >= 4 is 37.8 Å². The van der Waals surface area contributed by atoms with Gasteiger partial charge in [0.05, 0.1) is 12.1 Å². The molecule has 0 aliphatic carbocycles. The third-order valence-electron chi connectivity index (χ3n) is 3.15. The second-order valence-electron chi connectivity index (χ2n) is 4.45. The Balaban J connectivity index is 2.05. The maximum absolute atomic E-state index is 10.8. The number of hydrogen-bond donors (Lipinski definition) is 1. The van der Waals surface area contributed by atoms with Crippen LogP contribution in [0.5, 0.6) is 0 Å². The van der Waals surface area contributed by atoms with Gasteiger partial charge in [-0.3, -0.25) is 14.7 Å². The van der Waals surface area contributed by atoms with Crippen molar-refractivity contribution in [3.63, 3.8) is 0 Å². The van der Waals surface area contributed by atoms with Crippen LogP contribution in [0, 0.1) is 0 Å². The number of pyridine rings is 1. The number of likely N-dealkylation sites (tertiary alicyclic amines) is 1. The van der Waals surface area contributed by atoms with Crippen molar-refractivity contribution in [2.24, 2.45) is 0 Å². The molecule has 1 saturated heterocycles. The van der Waals surface area contributed by atoms with Crippen LogP contribution in [0.3, 0.4) is 0 Å². The summed E-state index contributed by atoms with van der Waals surface area (Å²) in [6, 6.07) is 2.10. The summed E-state index contributed by atoms with van der Waals surface area (Å²) < 4.78 is 1.89. The van der Waals surface area contributed by atoms with E-state index in [1.54, 1.807) is 6.20 Å². The fourth-order valence-electron chi connectivity index (χ4n) is 2.29. The molecule has 1 fully saturated rings. The maximum atomic E-state index is 10.8. The third-order valence-corrected chi connectivity index (χ3v) is 4.27. The van der Waals surface area contributed by atoms with Crippen molar-refractivity contribution < 1.29 is 9.90 Å². The number of halogens is 2. The minimum Gasteiger partial charge on any atom is -0.481 e. The molecule has 0 bridgehead atoms. The van der Waals surface area contributed by atoms with Gasteiger partial charge in [0.15, 0.2) is 0 Å². The minimum absolute atomic E-state index is 0.139. The average molecular weight is 378 g/mol. The molecule has 1 unspecified atom stereocenters. The number of aliphatic carboxylic acids is 1. The number of rotatable bonds is 4. The first-order valence-corrected chi connectivity index (χ1v) is 7.40. The lowest BCUT2D eigenvalue weighted by Gasteiger charge is -2.23. The number of hydrogen-bond acceptors (Lipinski definition) is 3. The third kappa shape index (κ3) is 3.52. The molecule has 98 valence electrons. The molecule has 1 aliphatic heterocycles. The smallest absolute Gasteiger partial charge is 0.304 e. The molecule has 1 aromatic heterocycles. The van der Waals surface area contributed by atoms with Gasteiger partial charge in [0, 0.05) is 27.7 Å². The molecule has 0 saturated carbocycles. The van der Waals surface area contributed by atoms with Crippen molar-refractivity contribution in [1.82, 2.24) is 9.88 Å². The first kappa shape index (κ1) is 14.0. The number of nitrogens with zero attached hydrogens (tertiary/aromatic N) is 2. The van der Waals surface area contributed by atoms with E-state index in [1.165, 1.54) is 0 Å². The van der Waals surface area contributed by atoms with E-state index < -0.39 is 5.97 Å². The average Bonchev–Trinajstić information content (AvgIpc) is 2.69. The topological polar surface area (TPSA) is 53.4 Å². The van der Waals surface area contributed by atoms with E-state index in [1.807, 2.05) is 6.07 Å². The molecular formula is C12H14Br2N2O2. The number of aromatic nitrogens is 1. The second-order valence-corrected chi connectivity index (χ2v) is 6.22. The lowest BCUT2D eigenvalue weighted by molar-refractivity contribution is -0.138. The van der Waals surface area contributed by atoms with Gasteiger partial charge in [-0.05, 0) is 57.3 Å². The van der Waals surface area contributed by atoms with E-state index in [2.05, 4.69) is 41.7 Å². The van der Waals surface area contributed by atoms with Crippen LogP contribution < -0.4 is 0 Å². The van der Waals surface area contributed by atoms with Crippen LogP contribution in [0.2, 0.25) is 0 Å². The summed E-state index contributed by atoms with van der Waals surface area (Å²) in [6.45, 7) is 1.65. The Morgan fingerprint density at radius 2 is 2.33 bits per heavy atom. The van der Waals surface area contributed by atoms with E-state index in [0.29, 0.717) is 6.54 Å². The first-order valence-electron chi connectivity index (χ1n) is 5.82. The van der Waals surface area contributed by atoms with Crippen LogP contribution in [0.25, 0.3) is 0 Å². The molecule has 6 heteroatoms. The van der Waals surface area contributed by atoms with Gasteiger partial charge in [-0.15, -0.1) is 0 Å². The highest BCUT2D eigenvalue weighted by Gasteiger charge is 2.27. The van der Waals surface area contributed by atoms with Gasteiger partial charge in [-0.2, -0.15) is 0 Å². The first-order chi connectivity index (χ1) is 8.56. The second kappa shape index (κ2) is 6.12. The van der Waals surface area contributed by atoms with E-state index in [-0.39, 0.29) is 12.5 Å². The van der Waals surface area contributed by atoms with Gasteiger partial charge in [0.1, 0.15) is 0 Å². The normalized spacial score (nSPS) is 20.2. The fraction of sp³-hybridized carbons (Fsp3) is 0.500. The van der Waals surface area contributed by atoms with Crippen molar-refractivity contribution in [2.45, 2.75) is 31.8 Å². The van der Waals surface area contributed by atoms with Crippen LogP contribution in [-0.2, 0) is 11.3 Å². The van der Waals surface area contributed by atoms with Crippen LogP contribution in [0.15, 0.2) is 21.2 Å². The van der Waals surface area contributed by atoms with Gasteiger partial charge >= 0.3 is 5.97 Å². The molecule has 1 N–H and O–H groups in total. The van der Waals surface area contributed by atoms with Gasteiger partial charge in [0.25, 0.3) is 0 Å². The largest absolute Gasteiger partial charge is 0.481 e. The van der Waals surface area contributed by atoms with E-state index in [4.69, 9.17) is 5.11 Å². The molecule has 1 aromatic rings. The Kier molecular flexibility index (Phi) is 4.75. The van der Waals surface area contributed by atoms with Crippen LogP contribution >= 0.6 is 31.9 Å². The lowest BCUT2D eigenvalue weighted by atomic mass is 10.1. The Morgan fingerprint density at radius 3 is 3.00 bits per heavy atom. The summed E-state index contributed by atoms with van der Waals surface area (Å²) in [5.41, 5.74) is 0.954. The van der Waals surface area contributed by atoms with Crippen molar-refractivity contribution in [1.29, 1.82) is 0 Å². The lowest BCUT2D eigenvalue weighted by Crippen LogP contribution is -2.31. The zero-order valence-corrected chi connectivity index (χ0v) is 12.9. The Hall–Kier alpha value is -0.460. The molecule has 0 aromatic carbocycles. The van der Waals surface area contributed by atoms with Crippen molar-refractivity contribution in [3.8, 4) is 0 Å². The number of carboxylic acids is 1. The zero-order valence-electron chi connectivity index (χ0n) is 9.77. The SMILES string of the molecule is O=C(O)CC1CCCN1Cc1ncc(Br)cc1Br. The molecule has 0 amide bonds. The van der Waals surface area contributed by atoms with E-state index in [0.717, 1.165) is 34.0 Å². The van der Waals surface area contributed by atoms with Crippen molar-refractivity contribution in [2.75, 3.05) is 6.54 Å². The van der Waals surface area contributed by atoms with Crippen LogP contribution in [0.4, 0.5) is 0 Å². The zero-order chi connectivity index (χ0) is 13.1. The molecule has 1 atom stereocenters. The Labute approximate surface area is 123 Å². The quantitative estimate of drug-likeness (QED) is 0.876. The number of carbonyl (C=O) groups is 1. The van der Waals surface area contributed by atoms with Crippen LogP contribution in [-0.4, -0.2) is 33.5 Å². The summed E-state index contributed by atoms with van der Waals surface area (Å²) in [7, 11) is 0. The Bertz CT molecular complexity index is 454. The summed E-state index contributed by atoms with van der Waals surface area (Å²) >= 11 is 6.86. The molecule has 2 heterocycles. The van der Waals surface area contributed by atoms with Crippen LogP contribution in [0.1, 0.15) is 25.0 Å². The van der Waals surface area contributed by atoms with Gasteiger partial charge in [-0.1, -0.05) is 0 Å². The summed E-state index contributed by atoms with van der Waals surface area (Å²) in [4.78, 5) is 17.4. The standard InChI is InChI=1S/C12H14Br2N2O2/c13-8-4-10(14)11(15-6-8)7-16-3-1-2-9(16)5-12(17)18/h4,6,9H,1-3,5,7H2,(H,17,18). The maximum Gasteiger partial charge on any atom is 0.304 e. The highest BCUT2D eigenvalue weighted by atomic mass is 79.9.